The SMILES string of the molecule is CCNCC1CCCOC1c1ccc(C(F)(F)F)cc1. The molecule has 2 nitrogen and oxygen atoms in total. The summed E-state index contributed by atoms with van der Waals surface area (Å²) in [6, 6.07) is 5.35. The van der Waals surface area contributed by atoms with E-state index < -0.39 is 11.7 Å². The fourth-order valence-corrected chi connectivity index (χ4v) is 2.61. The first kappa shape index (κ1) is 15.3. The highest BCUT2D eigenvalue weighted by molar-refractivity contribution is 5.26. The molecule has 1 fully saturated rings. The molecule has 0 saturated carbocycles. The van der Waals surface area contributed by atoms with Gasteiger partial charge < -0.3 is 10.1 Å². The van der Waals surface area contributed by atoms with E-state index in [2.05, 4.69) is 5.32 Å². The minimum Gasteiger partial charge on any atom is -0.373 e. The van der Waals surface area contributed by atoms with Gasteiger partial charge in [0.2, 0.25) is 0 Å². The second-order valence-electron chi connectivity index (χ2n) is 5.12. The van der Waals surface area contributed by atoms with Crippen LogP contribution in [0, 0.1) is 5.92 Å². The van der Waals surface area contributed by atoms with Crippen LogP contribution in [0.25, 0.3) is 0 Å². The molecule has 5 heteroatoms. The standard InChI is InChI=1S/C15H20F3NO/c1-2-19-10-12-4-3-9-20-14(12)11-5-7-13(8-6-11)15(16,17)18/h5-8,12,14,19H,2-4,9-10H2,1H3. The van der Waals surface area contributed by atoms with Crippen molar-refractivity contribution in [3.05, 3.63) is 35.4 Å². The van der Waals surface area contributed by atoms with Crippen LogP contribution in [0.15, 0.2) is 24.3 Å². The van der Waals surface area contributed by atoms with Gasteiger partial charge in [-0.2, -0.15) is 13.2 Å². The van der Waals surface area contributed by atoms with Gasteiger partial charge >= 0.3 is 6.18 Å². The van der Waals surface area contributed by atoms with Crippen LogP contribution in [-0.2, 0) is 10.9 Å². The van der Waals surface area contributed by atoms with Gasteiger partial charge in [-0.15, -0.1) is 0 Å². The number of benzene rings is 1. The van der Waals surface area contributed by atoms with Crippen molar-refractivity contribution in [1.82, 2.24) is 5.32 Å². The molecule has 0 radical (unpaired) electrons. The predicted octanol–water partition coefficient (Wildman–Crippen LogP) is 3.78. The summed E-state index contributed by atoms with van der Waals surface area (Å²) < 4.78 is 43.5. The van der Waals surface area contributed by atoms with E-state index in [0.29, 0.717) is 12.5 Å². The number of alkyl halides is 3. The fraction of sp³-hybridized carbons (Fsp3) is 0.600. The summed E-state index contributed by atoms with van der Waals surface area (Å²) in [5.41, 5.74) is 0.223. The Hall–Kier alpha value is -1.07. The maximum atomic E-state index is 12.6. The number of hydrogen-bond donors (Lipinski definition) is 1. The molecule has 0 aromatic heterocycles. The predicted molar refractivity (Wildman–Crippen MR) is 71.4 cm³/mol. The van der Waals surface area contributed by atoms with E-state index in [-0.39, 0.29) is 6.10 Å². The molecule has 1 aliphatic heterocycles. The van der Waals surface area contributed by atoms with Gasteiger partial charge in [0.15, 0.2) is 0 Å². The van der Waals surface area contributed by atoms with E-state index >= 15 is 0 Å². The van der Waals surface area contributed by atoms with Gasteiger partial charge in [-0.25, -0.2) is 0 Å². The number of nitrogens with one attached hydrogen (secondary N) is 1. The quantitative estimate of drug-likeness (QED) is 0.910. The molecule has 20 heavy (non-hydrogen) atoms. The zero-order valence-corrected chi connectivity index (χ0v) is 11.5. The highest BCUT2D eigenvalue weighted by Crippen LogP contribution is 2.35. The summed E-state index contributed by atoms with van der Waals surface area (Å²) in [6.07, 6.45) is -2.34. The van der Waals surface area contributed by atoms with Gasteiger partial charge in [-0.3, -0.25) is 0 Å². The minimum absolute atomic E-state index is 0.106. The molecule has 2 unspecified atom stereocenters. The summed E-state index contributed by atoms with van der Waals surface area (Å²) >= 11 is 0. The number of ether oxygens (including phenoxy) is 1. The molecule has 1 N–H and O–H groups in total. The lowest BCUT2D eigenvalue weighted by atomic mass is 9.89. The van der Waals surface area contributed by atoms with Crippen molar-refractivity contribution in [3.8, 4) is 0 Å². The third-order valence-electron chi connectivity index (χ3n) is 3.67. The Morgan fingerprint density at radius 3 is 2.55 bits per heavy atom. The van der Waals surface area contributed by atoms with Crippen molar-refractivity contribution in [3.63, 3.8) is 0 Å². The molecule has 0 spiro atoms. The first-order valence-corrected chi connectivity index (χ1v) is 7.02. The van der Waals surface area contributed by atoms with Gasteiger partial charge in [0.25, 0.3) is 0 Å². The molecule has 0 bridgehead atoms. The Bertz CT molecular complexity index is 416. The maximum Gasteiger partial charge on any atom is 0.416 e. The Labute approximate surface area is 117 Å². The first-order chi connectivity index (χ1) is 9.52. The summed E-state index contributed by atoms with van der Waals surface area (Å²) in [4.78, 5) is 0. The van der Waals surface area contributed by atoms with E-state index in [1.54, 1.807) is 0 Å². The first-order valence-electron chi connectivity index (χ1n) is 7.02. The van der Waals surface area contributed by atoms with Gasteiger partial charge in [-0.1, -0.05) is 19.1 Å². The van der Waals surface area contributed by atoms with Crippen molar-refractivity contribution in [2.75, 3.05) is 19.7 Å². The van der Waals surface area contributed by atoms with Crippen molar-refractivity contribution >= 4 is 0 Å². The third-order valence-corrected chi connectivity index (χ3v) is 3.67. The molecule has 112 valence electrons. The second-order valence-corrected chi connectivity index (χ2v) is 5.12. The molecule has 2 rings (SSSR count). The van der Waals surface area contributed by atoms with E-state index in [1.807, 2.05) is 6.92 Å². The monoisotopic (exact) mass is 287 g/mol. The van der Waals surface area contributed by atoms with E-state index in [0.717, 1.165) is 43.6 Å². The lowest BCUT2D eigenvalue weighted by Gasteiger charge is -2.32. The summed E-state index contributed by atoms with van der Waals surface area (Å²) in [5, 5.41) is 3.29. The number of halogens is 3. The van der Waals surface area contributed by atoms with E-state index in [9.17, 15) is 13.2 Å². The average Bonchev–Trinajstić information content (AvgIpc) is 2.45. The van der Waals surface area contributed by atoms with Gasteiger partial charge in [0, 0.05) is 19.1 Å². The van der Waals surface area contributed by atoms with Gasteiger partial charge in [0.1, 0.15) is 0 Å². The van der Waals surface area contributed by atoms with E-state index in [4.69, 9.17) is 4.74 Å². The minimum atomic E-state index is -4.28. The Morgan fingerprint density at radius 2 is 1.95 bits per heavy atom. The lowest BCUT2D eigenvalue weighted by molar-refractivity contribution is -0.137. The second kappa shape index (κ2) is 6.59. The van der Waals surface area contributed by atoms with Crippen LogP contribution in [-0.4, -0.2) is 19.7 Å². The molecule has 1 saturated heterocycles. The van der Waals surface area contributed by atoms with Crippen LogP contribution < -0.4 is 5.32 Å². The molecule has 1 aromatic rings. The molecule has 0 aliphatic carbocycles. The van der Waals surface area contributed by atoms with Crippen molar-refractivity contribution in [1.29, 1.82) is 0 Å². The van der Waals surface area contributed by atoms with Crippen LogP contribution in [0.4, 0.5) is 13.2 Å². The lowest BCUT2D eigenvalue weighted by Crippen LogP contribution is -2.31. The number of hydrogen-bond acceptors (Lipinski definition) is 2. The van der Waals surface area contributed by atoms with Gasteiger partial charge in [-0.05, 0) is 37.1 Å². The molecular formula is C15H20F3NO. The Kier molecular flexibility index (Phi) is 5.05. The summed E-state index contributed by atoms with van der Waals surface area (Å²) in [5.74, 6) is 0.320. The fourth-order valence-electron chi connectivity index (χ4n) is 2.61. The van der Waals surface area contributed by atoms with Crippen molar-refractivity contribution < 1.29 is 17.9 Å². The van der Waals surface area contributed by atoms with Crippen LogP contribution in [0.1, 0.15) is 37.0 Å². The van der Waals surface area contributed by atoms with E-state index in [1.165, 1.54) is 12.1 Å². The van der Waals surface area contributed by atoms with Crippen molar-refractivity contribution in [2.45, 2.75) is 32.0 Å². The topological polar surface area (TPSA) is 21.3 Å². The van der Waals surface area contributed by atoms with Crippen LogP contribution in [0.3, 0.4) is 0 Å². The highest BCUT2D eigenvalue weighted by Gasteiger charge is 2.31. The highest BCUT2D eigenvalue weighted by atomic mass is 19.4. The average molecular weight is 287 g/mol. The Balaban J connectivity index is 2.11. The normalized spacial score (nSPS) is 23.8. The summed E-state index contributed by atoms with van der Waals surface area (Å²) in [7, 11) is 0. The molecule has 0 amide bonds. The van der Waals surface area contributed by atoms with Crippen LogP contribution >= 0.6 is 0 Å². The van der Waals surface area contributed by atoms with Gasteiger partial charge in [0.05, 0.1) is 11.7 Å². The van der Waals surface area contributed by atoms with Crippen molar-refractivity contribution in [2.24, 2.45) is 5.92 Å². The molecule has 1 aliphatic rings. The molecule has 1 heterocycles. The largest absolute Gasteiger partial charge is 0.416 e. The molecule has 2 atom stereocenters. The zero-order valence-electron chi connectivity index (χ0n) is 11.5. The zero-order chi connectivity index (χ0) is 14.6. The number of rotatable bonds is 4. The third kappa shape index (κ3) is 3.73. The molecule has 1 aromatic carbocycles. The van der Waals surface area contributed by atoms with Crippen LogP contribution in [0.5, 0.6) is 0 Å². The van der Waals surface area contributed by atoms with Crippen LogP contribution in [0.2, 0.25) is 0 Å². The maximum absolute atomic E-state index is 12.6. The Morgan fingerprint density at radius 1 is 1.25 bits per heavy atom. The summed E-state index contributed by atoms with van der Waals surface area (Å²) in [6.45, 7) is 4.43. The smallest absolute Gasteiger partial charge is 0.373 e. The molecular weight excluding hydrogens is 267 g/mol.